The SMILES string of the molecule is Cc1nc(N)[nH]c1[N+](=O)[O-]. The fraction of sp³-hybridized carbons (Fsp3) is 0.250. The predicted molar refractivity (Wildman–Crippen MR) is 34.4 cm³/mol. The van der Waals surface area contributed by atoms with Crippen molar-refractivity contribution in [1.82, 2.24) is 9.97 Å². The Bertz CT molecular complexity index is 266. The number of nitrogens with one attached hydrogen (secondary N) is 1. The molecule has 0 saturated heterocycles. The number of anilines is 1. The standard InChI is InChI=1S/C4H6N4O2/c1-2-3(8(9)10)7-4(5)6-2/h1H3,(H3,5,6,7). The van der Waals surface area contributed by atoms with Crippen molar-refractivity contribution in [3.05, 3.63) is 15.8 Å². The number of hydrogen-bond donors (Lipinski definition) is 2. The number of H-pyrrole nitrogens is 1. The van der Waals surface area contributed by atoms with Crippen molar-refractivity contribution < 1.29 is 4.92 Å². The zero-order valence-corrected chi connectivity index (χ0v) is 5.29. The van der Waals surface area contributed by atoms with Gasteiger partial charge in [-0.2, -0.15) is 4.98 Å². The lowest BCUT2D eigenvalue weighted by molar-refractivity contribution is -0.389. The number of aryl methyl sites for hydroxylation is 1. The number of nitrogens with zero attached hydrogens (tertiary/aromatic N) is 2. The van der Waals surface area contributed by atoms with E-state index < -0.39 is 4.92 Å². The number of nitrogens with two attached hydrogens (primary N) is 1. The summed E-state index contributed by atoms with van der Waals surface area (Å²) in [6, 6.07) is 0. The van der Waals surface area contributed by atoms with Crippen molar-refractivity contribution in [2.24, 2.45) is 0 Å². The Morgan fingerprint density at radius 2 is 2.40 bits per heavy atom. The van der Waals surface area contributed by atoms with Crippen LogP contribution in [0.1, 0.15) is 5.69 Å². The minimum atomic E-state index is -0.557. The van der Waals surface area contributed by atoms with Gasteiger partial charge in [0.2, 0.25) is 0 Å². The minimum absolute atomic E-state index is 0.0733. The van der Waals surface area contributed by atoms with Gasteiger partial charge in [0.1, 0.15) is 5.69 Å². The molecule has 0 aliphatic rings. The van der Waals surface area contributed by atoms with Crippen molar-refractivity contribution in [2.75, 3.05) is 5.73 Å². The zero-order valence-electron chi connectivity index (χ0n) is 5.29. The van der Waals surface area contributed by atoms with Gasteiger partial charge < -0.3 is 15.8 Å². The molecule has 0 atom stereocenters. The molecule has 3 N–H and O–H groups in total. The normalized spacial score (nSPS) is 9.70. The fourth-order valence-corrected chi connectivity index (χ4v) is 0.651. The van der Waals surface area contributed by atoms with E-state index in [1.807, 2.05) is 0 Å². The third kappa shape index (κ3) is 0.903. The highest BCUT2D eigenvalue weighted by atomic mass is 16.6. The maximum atomic E-state index is 10.1. The first-order valence-electron chi connectivity index (χ1n) is 2.57. The Labute approximate surface area is 56.2 Å². The number of nitrogen functional groups attached to an aromatic ring is 1. The van der Waals surface area contributed by atoms with E-state index in [9.17, 15) is 10.1 Å². The molecule has 6 heteroatoms. The lowest BCUT2D eigenvalue weighted by atomic mass is 10.5. The number of imidazole rings is 1. The van der Waals surface area contributed by atoms with E-state index in [2.05, 4.69) is 9.97 Å². The predicted octanol–water partition coefficient (Wildman–Crippen LogP) is 0.209. The third-order valence-corrected chi connectivity index (χ3v) is 1.06. The highest BCUT2D eigenvalue weighted by Crippen LogP contribution is 2.13. The molecule has 0 aromatic carbocycles. The molecule has 1 rings (SSSR count). The van der Waals surface area contributed by atoms with Crippen LogP contribution in [0.25, 0.3) is 0 Å². The maximum Gasteiger partial charge on any atom is 0.345 e. The third-order valence-electron chi connectivity index (χ3n) is 1.06. The number of nitro groups is 1. The molecule has 0 aliphatic carbocycles. The molecular formula is C4H6N4O2. The summed E-state index contributed by atoms with van der Waals surface area (Å²) in [6.07, 6.45) is 0. The van der Waals surface area contributed by atoms with Gasteiger partial charge in [-0.1, -0.05) is 0 Å². The second-order valence-corrected chi connectivity index (χ2v) is 1.81. The monoisotopic (exact) mass is 142 g/mol. The van der Waals surface area contributed by atoms with E-state index in [0.717, 1.165) is 0 Å². The second kappa shape index (κ2) is 1.98. The van der Waals surface area contributed by atoms with Crippen LogP contribution in [0, 0.1) is 17.0 Å². The number of rotatable bonds is 1. The summed E-state index contributed by atoms with van der Waals surface area (Å²) in [5.41, 5.74) is 5.45. The average molecular weight is 142 g/mol. The van der Waals surface area contributed by atoms with Gasteiger partial charge in [-0.05, 0) is 11.8 Å². The van der Waals surface area contributed by atoms with Crippen LogP contribution in [0.4, 0.5) is 11.8 Å². The molecule has 10 heavy (non-hydrogen) atoms. The van der Waals surface area contributed by atoms with Gasteiger partial charge in [-0.25, -0.2) is 4.98 Å². The first kappa shape index (κ1) is 6.53. The molecule has 54 valence electrons. The van der Waals surface area contributed by atoms with E-state index in [1.54, 1.807) is 0 Å². The van der Waals surface area contributed by atoms with E-state index in [-0.39, 0.29) is 11.8 Å². The van der Waals surface area contributed by atoms with E-state index in [1.165, 1.54) is 6.92 Å². The smallest absolute Gasteiger partial charge is 0.345 e. The van der Waals surface area contributed by atoms with Crippen molar-refractivity contribution >= 4 is 11.8 Å². The Morgan fingerprint density at radius 1 is 1.80 bits per heavy atom. The summed E-state index contributed by atoms with van der Waals surface area (Å²) in [4.78, 5) is 15.5. The van der Waals surface area contributed by atoms with Crippen molar-refractivity contribution in [1.29, 1.82) is 0 Å². The van der Waals surface area contributed by atoms with Crippen LogP contribution in [-0.4, -0.2) is 14.9 Å². The molecular weight excluding hydrogens is 136 g/mol. The second-order valence-electron chi connectivity index (χ2n) is 1.81. The minimum Gasteiger partial charge on any atom is -0.358 e. The maximum absolute atomic E-state index is 10.1. The van der Waals surface area contributed by atoms with Crippen LogP contribution in [0.2, 0.25) is 0 Å². The Hall–Kier alpha value is -1.59. The molecule has 6 nitrogen and oxygen atoms in total. The van der Waals surface area contributed by atoms with Gasteiger partial charge in [0, 0.05) is 0 Å². The van der Waals surface area contributed by atoms with Crippen molar-refractivity contribution in [3.8, 4) is 0 Å². The molecule has 1 heterocycles. The van der Waals surface area contributed by atoms with Gasteiger partial charge in [0.05, 0.1) is 0 Å². The Morgan fingerprint density at radius 3 is 2.60 bits per heavy atom. The number of aromatic nitrogens is 2. The summed E-state index contributed by atoms with van der Waals surface area (Å²) in [5.74, 6) is -0.0679. The lowest BCUT2D eigenvalue weighted by Gasteiger charge is -1.87. The molecule has 0 aliphatic heterocycles. The summed E-state index contributed by atoms with van der Waals surface area (Å²) in [7, 11) is 0. The van der Waals surface area contributed by atoms with Crippen LogP contribution in [0.5, 0.6) is 0 Å². The van der Waals surface area contributed by atoms with Crippen molar-refractivity contribution in [3.63, 3.8) is 0 Å². The van der Waals surface area contributed by atoms with Crippen molar-refractivity contribution in [2.45, 2.75) is 6.92 Å². The van der Waals surface area contributed by atoms with Crippen LogP contribution in [0.3, 0.4) is 0 Å². The first-order chi connectivity index (χ1) is 4.61. The van der Waals surface area contributed by atoms with Crippen LogP contribution in [0.15, 0.2) is 0 Å². The Kier molecular flexibility index (Phi) is 1.29. The summed E-state index contributed by atoms with van der Waals surface area (Å²) in [5, 5.41) is 10.1. The van der Waals surface area contributed by atoms with E-state index in [4.69, 9.17) is 5.73 Å². The fourth-order valence-electron chi connectivity index (χ4n) is 0.651. The van der Waals surface area contributed by atoms with Gasteiger partial charge >= 0.3 is 5.82 Å². The van der Waals surface area contributed by atoms with Gasteiger partial charge in [-0.3, -0.25) is 0 Å². The molecule has 1 aromatic rings. The molecule has 0 bridgehead atoms. The van der Waals surface area contributed by atoms with Gasteiger partial charge in [0.25, 0.3) is 5.95 Å². The molecule has 0 fully saturated rings. The number of aromatic amines is 1. The highest BCUT2D eigenvalue weighted by Gasteiger charge is 2.12. The lowest BCUT2D eigenvalue weighted by Crippen LogP contribution is -1.90. The van der Waals surface area contributed by atoms with E-state index in [0.29, 0.717) is 5.69 Å². The molecule has 1 aromatic heterocycles. The van der Waals surface area contributed by atoms with Crippen LogP contribution < -0.4 is 5.73 Å². The summed E-state index contributed by atoms with van der Waals surface area (Å²) >= 11 is 0. The average Bonchev–Trinajstić information content (AvgIpc) is 2.10. The topological polar surface area (TPSA) is 97.8 Å². The van der Waals surface area contributed by atoms with Gasteiger partial charge in [0.15, 0.2) is 0 Å². The first-order valence-corrected chi connectivity index (χ1v) is 2.57. The summed E-state index contributed by atoms with van der Waals surface area (Å²) in [6.45, 7) is 1.52. The van der Waals surface area contributed by atoms with E-state index >= 15 is 0 Å². The zero-order chi connectivity index (χ0) is 7.72. The quantitative estimate of drug-likeness (QED) is 0.432. The molecule has 0 spiro atoms. The number of hydrogen-bond acceptors (Lipinski definition) is 4. The molecule has 0 radical (unpaired) electrons. The largest absolute Gasteiger partial charge is 0.358 e. The molecule has 0 saturated carbocycles. The summed E-state index contributed by atoms with van der Waals surface area (Å²) < 4.78 is 0. The molecule has 0 unspecified atom stereocenters. The molecule has 0 amide bonds. The Balaban J connectivity index is 3.15. The van der Waals surface area contributed by atoms with Gasteiger partial charge in [-0.15, -0.1) is 0 Å². The van der Waals surface area contributed by atoms with Crippen LogP contribution >= 0.6 is 0 Å². The van der Waals surface area contributed by atoms with Crippen LogP contribution in [-0.2, 0) is 0 Å². The highest BCUT2D eigenvalue weighted by molar-refractivity contribution is 5.34.